The zero-order valence-corrected chi connectivity index (χ0v) is 60.2. The van der Waals surface area contributed by atoms with Crippen molar-refractivity contribution in [3.05, 3.63) is 0 Å². The van der Waals surface area contributed by atoms with Crippen LogP contribution in [0, 0.1) is 11.8 Å². The SMILES string of the molecule is CCCCCCCCCCCCCCCCCCCCCCC(=O)O[C@H](COC(=O)CCCCCCCCCCCCCCC(C)C)COP(=O)(O)OC[C@@H](O)COP(=O)(O)OC[C@@H](COC(=O)CCCCCCC)OC(=O)CCCCCCCCC(C)CC. The lowest BCUT2D eigenvalue weighted by Crippen LogP contribution is -2.30. The van der Waals surface area contributed by atoms with E-state index in [9.17, 15) is 43.2 Å². The zero-order valence-electron chi connectivity index (χ0n) is 58.4. The molecule has 0 saturated carbocycles. The number of hydrogen-bond donors (Lipinski definition) is 3. The number of unbranched alkanes of at least 4 members (excludes halogenated alkanes) is 39. The van der Waals surface area contributed by atoms with E-state index < -0.39 is 97.5 Å². The Morgan fingerprint density at radius 1 is 0.322 bits per heavy atom. The molecule has 0 aliphatic carbocycles. The molecule has 3 unspecified atom stereocenters. The number of phosphoric acid groups is 2. The highest BCUT2D eigenvalue weighted by atomic mass is 31.2. The number of hydrogen-bond acceptors (Lipinski definition) is 15. The van der Waals surface area contributed by atoms with Crippen LogP contribution >= 0.6 is 15.6 Å². The highest BCUT2D eigenvalue weighted by Gasteiger charge is 2.30. The summed E-state index contributed by atoms with van der Waals surface area (Å²) in [5.74, 6) is -0.635. The summed E-state index contributed by atoms with van der Waals surface area (Å²) in [7, 11) is -9.89. The van der Waals surface area contributed by atoms with Gasteiger partial charge in [-0.1, -0.05) is 311 Å². The minimum absolute atomic E-state index is 0.102. The number of aliphatic hydroxyl groups is 1. The number of aliphatic hydroxyl groups excluding tert-OH is 1. The highest BCUT2D eigenvalue weighted by molar-refractivity contribution is 7.47. The number of ether oxygens (including phenoxy) is 4. The third kappa shape index (κ3) is 63.5. The lowest BCUT2D eigenvalue weighted by atomic mass is 10.00. The van der Waals surface area contributed by atoms with Crippen LogP contribution in [0.5, 0.6) is 0 Å². The van der Waals surface area contributed by atoms with Crippen molar-refractivity contribution in [2.45, 2.75) is 381 Å². The fourth-order valence-electron chi connectivity index (χ4n) is 10.7. The highest BCUT2D eigenvalue weighted by Crippen LogP contribution is 2.45. The molecule has 0 aliphatic rings. The van der Waals surface area contributed by atoms with Crippen molar-refractivity contribution in [3.63, 3.8) is 0 Å². The molecule has 0 bridgehead atoms. The monoisotopic (exact) mass is 1320 g/mol. The van der Waals surface area contributed by atoms with Gasteiger partial charge >= 0.3 is 39.5 Å². The molecule has 0 aromatic heterocycles. The third-order valence-corrected chi connectivity index (χ3v) is 18.7. The molecule has 19 heteroatoms. The molecule has 0 spiro atoms. The predicted octanol–water partition coefficient (Wildman–Crippen LogP) is 20.4. The second-order valence-electron chi connectivity index (χ2n) is 26.3. The molecule has 0 rings (SSSR count). The fourth-order valence-corrected chi connectivity index (χ4v) is 12.3. The van der Waals surface area contributed by atoms with Crippen LogP contribution in [-0.2, 0) is 65.4 Å². The maximum Gasteiger partial charge on any atom is 0.472 e. The zero-order chi connectivity index (χ0) is 66.5. The van der Waals surface area contributed by atoms with Crippen LogP contribution in [0.3, 0.4) is 0 Å². The van der Waals surface area contributed by atoms with Crippen LogP contribution in [0.25, 0.3) is 0 Å². The summed E-state index contributed by atoms with van der Waals surface area (Å²) in [5, 5.41) is 10.6. The Kier molecular flexibility index (Phi) is 61.8. The van der Waals surface area contributed by atoms with Gasteiger partial charge in [-0.15, -0.1) is 0 Å². The molecule has 0 saturated heterocycles. The minimum Gasteiger partial charge on any atom is -0.462 e. The van der Waals surface area contributed by atoms with Gasteiger partial charge in [0.1, 0.15) is 19.3 Å². The standard InChI is InChI=1S/C71H138O17P2/c1-7-10-12-14-15-16-17-18-19-20-21-22-23-24-25-30-33-36-43-49-55-70(75)87-67(60-82-69(74)54-48-42-35-32-29-27-26-28-31-34-40-45-51-63(4)5)62-86-90(79,80)84-58-65(72)57-83-89(77,78)85-61-66(59-81-68(73)53-47-39-13-11-8-2)88-71(76)56-50-44-38-37-41-46-52-64(6)9-3/h63-67,72H,7-62H2,1-6H3,(H,77,78)(H,79,80)/t64?,65-,66+,67+/m0/s1. The fraction of sp³-hybridized carbons (Fsp3) is 0.944. The van der Waals surface area contributed by atoms with Gasteiger partial charge in [0, 0.05) is 25.7 Å². The Balaban J connectivity index is 5.13. The van der Waals surface area contributed by atoms with Gasteiger partial charge in [0.25, 0.3) is 0 Å². The van der Waals surface area contributed by atoms with E-state index in [-0.39, 0.29) is 25.7 Å². The maximum absolute atomic E-state index is 13.0. The molecule has 0 fully saturated rings. The molecule has 534 valence electrons. The van der Waals surface area contributed by atoms with Gasteiger partial charge in [-0.3, -0.25) is 37.3 Å². The van der Waals surface area contributed by atoms with Crippen molar-refractivity contribution in [3.8, 4) is 0 Å². The van der Waals surface area contributed by atoms with Crippen molar-refractivity contribution in [2.24, 2.45) is 11.8 Å². The van der Waals surface area contributed by atoms with E-state index in [2.05, 4.69) is 41.5 Å². The second kappa shape index (κ2) is 63.1. The molecule has 0 aliphatic heterocycles. The molecule has 0 aromatic rings. The van der Waals surface area contributed by atoms with Crippen LogP contribution in [0.15, 0.2) is 0 Å². The smallest absolute Gasteiger partial charge is 0.462 e. The number of carbonyl (C=O) groups excluding carboxylic acids is 4. The summed E-state index contributed by atoms with van der Waals surface area (Å²) < 4.78 is 68.1. The van der Waals surface area contributed by atoms with Crippen molar-refractivity contribution in [2.75, 3.05) is 39.6 Å². The third-order valence-electron chi connectivity index (χ3n) is 16.8. The van der Waals surface area contributed by atoms with Gasteiger partial charge in [-0.25, -0.2) is 9.13 Å². The molecular formula is C71H138O17P2. The summed E-state index contributed by atoms with van der Waals surface area (Å²) in [6, 6.07) is 0. The van der Waals surface area contributed by atoms with Crippen molar-refractivity contribution < 1.29 is 80.2 Å². The molecular weight excluding hydrogens is 1190 g/mol. The van der Waals surface area contributed by atoms with E-state index in [1.165, 1.54) is 173 Å². The first kappa shape index (κ1) is 88.1. The Morgan fingerprint density at radius 3 is 0.844 bits per heavy atom. The Bertz CT molecular complexity index is 1750. The van der Waals surface area contributed by atoms with Gasteiger partial charge in [0.15, 0.2) is 12.2 Å². The summed E-state index contributed by atoms with van der Waals surface area (Å²) in [6.07, 6.45) is 49.2. The van der Waals surface area contributed by atoms with E-state index in [1.54, 1.807) is 0 Å². The summed E-state index contributed by atoms with van der Waals surface area (Å²) in [4.78, 5) is 72.3. The Hall–Kier alpha value is -1.94. The largest absolute Gasteiger partial charge is 0.472 e. The van der Waals surface area contributed by atoms with Crippen LogP contribution in [-0.4, -0.2) is 96.7 Å². The first-order chi connectivity index (χ1) is 43.4. The summed E-state index contributed by atoms with van der Waals surface area (Å²) in [6.45, 7) is 9.42. The average molecular weight is 1330 g/mol. The molecule has 90 heavy (non-hydrogen) atoms. The van der Waals surface area contributed by atoms with Crippen molar-refractivity contribution >= 4 is 39.5 Å². The van der Waals surface area contributed by atoms with Crippen molar-refractivity contribution in [1.82, 2.24) is 0 Å². The number of phosphoric ester groups is 2. The van der Waals surface area contributed by atoms with E-state index in [0.29, 0.717) is 25.7 Å². The topological polar surface area (TPSA) is 237 Å². The molecule has 0 amide bonds. The van der Waals surface area contributed by atoms with Gasteiger partial charge in [0.05, 0.1) is 26.4 Å². The number of rotatable bonds is 70. The summed E-state index contributed by atoms with van der Waals surface area (Å²) in [5.41, 5.74) is 0. The van der Waals surface area contributed by atoms with E-state index >= 15 is 0 Å². The lowest BCUT2D eigenvalue weighted by Gasteiger charge is -2.21. The molecule has 3 N–H and O–H groups in total. The van der Waals surface area contributed by atoms with Crippen LogP contribution in [0.2, 0.25) is 0 Å². The molecule has 0 radical (unpaired) electrons. The Morgan fingerprint density at radius 2 is 0.567 bits per heavy atom. The van der Waals surface area contributed by atoms with Gasteiger partial charge in [0.2, 0.25) is 0 Å². The van der Waals surface area contributed by atoms with Gasteiger partial charge in [-0.2, -0.15) is 0 Å². The number of esters is 4. The average Bonchev–Trinajstić information content (AvgIpc) is 3.68. The predicted molar refractivity (Wildman–Crippen MR) is 363 cm³/mol. The molecule has 0 heterocycles. The van der Waals surface area contributed by atoms with Gasteiger partial charge in [-0.05, 0) is 37.5 Å². The van der Waals surface area contributed by atoms with Gasteiger partial charge < -0.3 is 33.8 Å². The molecule has 17 nitrogen and oxygen atoms in total. The van der Waals surface area contributed by atoms with Crippen molar-refractivity contribution in [1.29, 1.82) is 0 Å². The first-order valence-corrected chi connectivity index (χ1v) is 40.0. The van der Waals surface area contributed by atoms with Crippen LogP contribution < -0.4 is 0 Å². The first-order valence-electron chi connectivity index (χ1n) is 37.0. The minimum atomic E-state index is -4.95. The summed E-state index contributed by atoms with van der Waals surface area (Å²) >= 11 is 0. The second-order valence-corrected chi connectivity index (χ2v) is 29.3. The molecule has 0 aromatic carbocycles. The van der Waals surface area contributed by atoms with Crippen LogP contribution in [0.1, 0.15) is 363 Å². The lowest BCUT2D eigenvalue weighted by molar-refractivity contribution is -0.161. The maximum atomic E-state index is 13.0. The van der Waals surface area contributed by atoms with E-state index in [4.69, 9.17) is 37.0 Å². The van der Waals surface area contributed by atoms with E-state index in [0.717, 1.165) is 108 Å². The quantitative estimate of drug-likeness (QED) is 0.0222. The number of carbonyl (C=O) groups is 4. The Labute approximate surface area is 549 Å². The molecule has 6 atom stereocenters. The normalized spacial score (nSPS) is 14.4. The van der Waals surface area contributed by atoms with E-state index in [1.807, 2.05) is 0 Å². The van der Waals surface area contributed by atoms with Crippen LogP contribution in [0.4, 0.5) is 0 Å².